The summed E-state index contributed by atoms with van der Waals surface area (Å²) in [5, 5.41) is 3.07. The summed E-state index contributed by atoms with van der Waals surface area (Å²) in [7, 11) is 0. The van der Waals surface area contributed by atoms with Crippen LogP contribution in [0, 0.1) is 0 Å². The topological polar surface area (TPSA) is 68.0 Å². The lowest BCUT2D eigenvalue weighted by atomic mass is 9.92. The van der Waals surface area contributed by atoms with Crippen LogP contribution < -0.4 is 11.1 Å². The lowest BCUT2D eigenvalue weighted by Crippen LogP contribution is -2.41. The van der Waals surface area contributed by atoms with Crippen LogP contribution in [0.2, 0.25) is 0 Å². The van der Waals surface area contributed by atoms with Crippen molar-refractivity contribution in [1.29, 1.82) is 0 Å². The Hall–Kier alpha value is -1.42. The summed E-state index contributed by atoms with van der Waals surface area (Å²) in [6.07, 6.45) is 7.89. The van der Waals surface area contributed by atoms with Gasteiger partial charge in [0.15, 0.2) is 0 Å². The van der Waals surface area contributed by atoms with Crippen LogP contribution in [0.15, 0.2) is 24.5 Å². The zero-order chi connectivity index (χ0) is 12.1. The third-order valence-corrected chi connectivity index (χ3v) is 3.25. The number of aromatic nitrogens is 1. The van der Waals surface area contributed by atoms with E-state index in [1.54, 1.807) is 12.4 Å². The second-order valence-electron chi connectivity index (χ2n) is 4.71. The van der Waals surface area contributed by atoms with Crippen LogP contribution in [0.4, 0.5) is 0 Å². The molecule has 1 amide bonds. The van der Waals surface area contributed by atoms with Crippen LogP contribution in [0.25, 0.3) is 0 Å². The molecule has 1 aromatic heterocycles. The van der Waals surface area contributed by atoms with E-state index in [4.69, 9.17) is 5.73 Å². The molecule has 1 aliphatic carbocycles. The lowest BCUT2D eigenvalue weighted by molar-refractivity contribution is -0.121. The van der Waals surface area contributed by atoms with Gasteiger partial charge in [0.05, 0.1) is 6.42 Å². The number of nitrogens with two attached hydrogens (primary N) is 1. The fourth-order valence-electron chi connectivity index (χ4n) is 2.23. The highest BCUT2D eigenvalue weighted by molar-refractivity contribution is 5.78. The van der Waals surface area contributed by atoms with E-state index in [1.807, 2.05) is 12.1 Å². The lowest BCUT2D eigenvalue weighted by Gasteiger charge is -2.26. The van der Waals surface area contributed by atoms with Crippen molar-refractivity contribution in [2.75, 3.05) is 0 Å². The molecule has 0 atom stereocenters. The predicted octanol–water partition coefficient (Wildman–Crippen LogP) is 1.01. The Morgan fingerprint density at radius 1 is 1.29 bits per heavy atom. The molecule has 0 spiro atoms. The minimum Gasteiger partial charge on any atom is -0.353 e. The van der Waals surface area contributed by atoms with Crippen molar-refractivity contribution in [1.82, 2.24) is 10.3 Å². The summed E-state index contributed by atoms with van der Waals surface area (Å²) < 4.78 is 0. The maximum absolute atomic E-state index is 11.8. The van der Waals surface area contributed by atoms with Gasteiger partial charge in [0, 0.05) is 24.5 Å². The Balaban J connectivity index is 1.78. The summed E-state index contributed by atoms with van der Waals surface area (Å²) >= 11 is 0. The zero-order valence-electron chi connectivity index (χ0n) is 9.93. The second kappa shape index (κ2) is 5.77. The van der Waals surface area contributed by atoms with Crippen molar-refractivity contribution >= 4 is 5.91 Å². The number of nitrogens with zero attached hydrogens (tertiary/aromatic N) is 1. The van der Waals surface area contributed by atoms with Gasteiger partial charge in [0.25, 0.3) is 0 Å². The first-order valence-electron chi connectivity index (χ1n) is 6.18. The molecule has 92 valence electrons. The molecule has 4 heteroatoms. The van der Waals surface area contributed by atoms with Gasteiger partial charge in [-0.1, -0.05) is 0 Å². The molecular formula is C13H19N3O. The number of hydrogen-bond acceptors (Lipinski definition) is 3. The number of nitrogens with one attached hydrogen (secondary N) is 1. The third-order valence-electron chi connectivity index (χ3n) is 3.25. The van der Waals surface area contributed by atoms with Crippen LogP contribution >= 0.6 is 0 Å². The minimum atomic E-state index is 0.0941. The molecule has 17 heavy (non-hydrogen) atoms. The zero-order valence-corrected chi connectivity index (χ0v) is 9.93. The Kier molecular flexibility index (Phi) is 4.09. The molecule has 0 unspecified atom stereocenters. The van der Waals surface area contributed by atoms with Crippen molar-refractivity contribution in [2.45, 2.75) is 44.2 Å². The number of amides is 1. The minimum absolute atomic E-state index is 0.0941. The fraction of sp³-hybridized carbons (Fsp3) is 0.538. The molecule has 0 saturated heterocycles. The standard InChI is InChI=1S/C13H19N3O/c14-11-1-3-12(4-2-11)16-13(17)9-10-5-7-15-8-6-10/h5-8,11-12H,1-4,9,14H2,(H,16,17). The van der Waals surface area contributed by atoms with E-state index in [9.17, 15) is 4.79 Å². The highest BCUT2D eigenvalue weighted by Crippen LogP contribution is 2.16. The van der Waals surface area contributed by atoms with E-state index in [0.29, 0.717) is 18.5 Å². The van der Waals surface area contributed by atoms with Gasteiger partial charge in [0.2, 0.25) is 5.91 Å². The highest BCUT2D eigenvalue weighted by atomic mass is 16.1. The average molecular weight is 233 g/mol. The van der Waals surface area contributed by atoms with Crippen LogP contribution in [0.3, 0.4) is 0 Å². The van der Waals surface area contributed by atoms with E-state index in [-0.39, 0.29) is 5.91 Å². The van der Waals surface area contributed by atoms with Crippen molar-refractivity contribution in [2.24, 2.45) is 5.73 Å². The van der Waals surface area contributed by atoms with Gasteiger partial charge in [-0.05, 0) is 43.4 Å². The summed E-state index contributed by atoms with van der Waals surface area (Å²) in [5.41, 5.74) is 6.84. The van der Waals surface area contributed by atoms with Crippen LogP contribution in [0.5, 0.6) is 0 Å². The Morgan fingerprint density at radius 2 is 1.94 bits per heavy atom. The first-order valence-corrected chi connectivity index (χ1v) is 6.18. The second-order valence-corrected chi connectivity index (χ2v) is 4.71. The smallest absolute Gasteiger partial charge is 0.224 e. The Labute approximate surface area is 102 Å². The Morgan fingerprint density at radius 3 is 2.59 bits per heavy atom. The van der Waals surface area contributed by atoms with E-state index >= 15 is 0 Å². The predicted molar refractivity (Wildman–Crippen MR) is 66.3 cm³/mol. The molecule has 1 aliphatic rings. The van der Waals surface area contributed by atoms with Crippen molar-refractivity contribution in [3.8, 4) is 0 Å². The first kappa shape index (κ1) is 12.0. The highest BCUT2D eigenvalue weighted by Gasteiger charge is 2.19. The molecule has 4 nitrogen and oxygen atoms in total. The summed E-state index contributed by atoms with van der Waals surface area (Å²) in [5.74, 6) is 0.0941. The van der Waals surface area contributed by atoms with E-state index < -0.39 is 0 Å². The third kappa shape index (κ3) is 3.82. The number of pyridine rings is 1. The molecule has 1 aromatic rings. The quantitative estimate of drug-likeness (QED) is 0.818. The van der Waals surface area contributed by atoms with Crippen LogP contribution in [-0.4, -0.2) is 23.0 Å². The average Bonchev–Trinajstić information content (AvgIpc) is 2.33. The van der Waals surface area contributed by atoms with Gasteiger partial charge in [0.1, 0.15) is 0 Å². The molecule has 0 aromatic carbocycles. The van der Waals surface area contributed by atoms with Gasteiger partial charge in [-0.25, -0.2) is 0 Å². The molecule has 0 aliphatic heterocycles. The van der Waals surface area contributed by atoms with Gasteiger partial charge < -0.3 is 11.1 Å². The molecular weight excluding hydrogens is 214 g/mol. The van der Waals surface area contributed by atoms with E-state index in [2.05, 4.69) is 10.3 Å². The molecule has 1 saturated carbocycles. The largest absolute Gasteiger partial charge is 0.353 e. The molecule has 0 bridgehead atoms. The monoisotopic (exact) mass is 233 g/mol. The normalized spacial score (nSPS) is 24.3. The summed E-state index contributed by atoms with van der Waals surface area (Å²) in [6.45, 7) is 0. The molecule has 2 rings (SSSR count). The number of hydrogen-bond donors (Lipinski definition) is 2. The summed E-state index contributed by atoms with van der Waals surface area (Å²) in [6, 6.07) is 4.37. The van der Waals surface area contributed by atoms with E-state index in [1.165, 1.54) is 0 Å². The SMILES string of the molecule is NC1CCC(NC(=O)Cc2ccncc2)CC1. The first-order chi connectivity index (χ1) is 8.24. The van der Waals surface area contributed by atoms with Gasteiger partial charge in [-0.2, -0.15) is 0 Å². The number of carbonyl (C=O) groups is 1. The molecule has 0 radical (unpaired) electrons. The van der Waals surface area contributed by atoms with Crippen LogP contribution in [0.1, 0.15) is 31.2 Å². The Bertz CT molecular complexity index is 358. The van der Waals surface area contributed by atoms with Crippen molar-refractivity contribution < 1.29 is 4.79 Å². The van der Waals surface area contributed by atoms with Gasteiger partial charge in [-0.3, -0.25) is 9.78 Å². The van der Waals surface area contributed by atoms with Gasteiger partial charge in [-0.15, -0.1) is 0 Å². The van der Waals surface area contributed by atoms with Crippen molar-refractivity contribution in [3.63, 3.8) is 0 Å². The molecule has 1 heterocycles. The van der Waals surface area contributed by atoms with Crippen molar-refractivity contribution in [3.05, 3.63) is 30.1 Å². The van der Waals surface area contributed by atoms with E-state index in [0.717, 1.165) is 31.2 Å². The van der Waals surface area contributed by atoms with Crippen LogP contribution in [-0.2, 0) is 11.2 Å². The van der Waals surface area contributed by atoms with Gasteiger partial charge >= 0.3 is 0 Å². The molecule has 1 fully saturated rings. The number of carbonyl (C=O) groups excluding carboxylic acids is 1. The molecule has 3 N–H and O–H groups in total. The maximum atomic E-state index is 11.8. The fourth-order valence-corrected chi connectivity index (χ4v) is 2.23. The maximum Gasteiger partial charge on any atom is 0.224 e. The number of rotatable bonds is 3. The summed E-state index contributed by atoms with van der Waals surface area (Å²) in [4.78, 5) is 15.7.